The molecule has 4 aliphatic rings. The smallest absolute Gasteiger partial charge is 0.170 e. The third-order valence-corrected chi connectivity index (χ3v) is 8.49. The monoisotopic (exact) mass is 516 g/mol. The Hall–Kier alpha value is -3.01. The van der Waals surface area contributed by atoms with E-state index >= 15 is 0 Å². The molecule has 1 unspecified atom stereocenters. The Morgan fingerprint density at radius 1 is 0.973 bits per heavy atom. The third-order valence-electron chi connectivity index (χ3n) is 8.24. The van der Waals surface area contributed by atoms with E-state index in [1.165, 1.54) is 32.5 Å². The van der Waals surface area contributed by atoms with Gasteiger partial charge < -0.3 is 15.5 Å². The highest BCUT2D eigenvalue weighted by Gasteiger charge is 2.40. The summed E-state index contributed by atoms with van der Waals surface area (Å²) in [7, 11) is 0. The molecule has 37 heavy (non-hydrogen) atoms. The lowest BCUT2D eigenvalue weighted by atomic mass is 9.75. The first kappa shape index (κ1) is 24.3. The summed E-state index contributed by atoms with van der Waals surface area (Å²) in [5.41, 5.74) is 2.02. The van der Waals surface area contributed by atoms with Gasteiger partial charge in [0.15, 0.2) is 5.11 Å². The van der Waals surface area contributed by atoms with Gasteiger partial charge >= 0.3 is 0 Å². The van der Waals surface area contributed by atoms with Gasteiger partial charge in [0.1, 0.15) is 5.82 Å². The molecule has 0 spiro atoms. The van der Waals surface area contributed by atoms with Crippen molar-refractivity contribution in [1.29, 1.82) is 0 Å². The molecular formula is C28H36N8S. The normalized spacial score (nSPS) is 25.7. The Labute approximate surface area is 224 Å². The highest BCUT2D eigenvalue weighted by Crippen LogP contribution is 2.36. The molecule has 7 rings (SSSR count). The fourth-order valence-electron chi connectivity index (χ4n) is 6.21. The molecule has 3 aromatic rings. The Bertz CT molecular complexity index is 1140. The van der Waals surface area contributed by atoms with E-state index in [1.54, 1.807) is 6.20 Å². The minimum Gasteiger partial charge on any atom is -0.361 e. The van der Waals surface area contributed by atoms with Crippen molar-refractivity contribution in [3.8, 4) is 5.69 Å². The first-order valence-electron chi connectivity index (χ1n) is 13.5. The van der Waals surface area contributed by atoms with Crippen LogP contribution in [-0.4, -0.2) is 88.1 Å². The van der Waals surface area contributed by atoms with Crippen LogP contribution in [0.1, 0.15) is 12.8 Å². The molecule has 8 nitrogen and oxygen atoms in total. The number of fused-ring (bicyclic) bond motifs is 3. The van der Waals surface area contributed by atoms with Gasteiger partial charge in [-0.3, -0.25) is 9.80 Å². The van der Waals surface area contributed by atoms with Gasteiger partial charge in [0, 0.05) is 76.1 Å². The number of hydrogen-bond donors (Lipinski definition) is 2. The predicted molar refractivity (Wildman–Crippen MR) is 152 cm³/mol. The maximum absolute atomic E-state index is 5.61. The SMILES string of the molecule is S=C(NC[C@H]1C[C@@H]2CCN1C[C@@H]2CN1CCN(c2ccccn2)CC1)Nc1ccc(-n2cccn2)cc1. The molecule has 0 amide bonds. The van der Waals surface area contributed by atoms with E-state index in [-0.39, 0.29) is 0 Å². The zero-order chi connectivity index (χ0) is 25.0. The third kappa shape index (κ3) is 5.79. The number of thiocarbonyl (C=S) groups is 1. The number of benzene rings is 1. The summed E-state index contributed by atoms with van der Waals surface area (Å²) in [6.45, 7) is 8.97. The van der Waals surface area contributed by atoms with Crippen LogP contribution >= 0.6 is 12.2 Å². The van der Waals surface area contributed by atoms with E-state index < -0.39 is 0 Å². The summed E-state index contributed by atoms with van der Waals surface area (Å²) in [5, 5.41) is 11.8. The van der Waals surface area contributed by atoms with Gasteiger partial charge in [-0.25, -0.2) is 9.67 Å². The van der Waals surface area contributed by atoms with Crippen LogP contribution < -0.4 is 15.5 Å². The van der Waals surface area contributed by atoms with Gasteiger partial charge in [-0.2, -0.15) is 5.10 Å². The van der Waals surface area contributed by atoms with Crippen molar-refractivity contribution in [3.05, 3.63) is 67.1 Å². The molecule has 2 bridgehead atoms. The molecule has 2 N–H and O–H groups in total. The molecule has 194 valence electrons. The molecule has 0 radical (unpaired) electrons. The van der Waals surface area contributed by atoms with E-state index in [9.17, 15) is 0 Å². The van der Waals surface area contributed by atoms with Crippen molar-refractivity contribution < 1.29 is 0 Å². The Morgan fingerprint density at radius 3 is 2.54 bits per heavy atom. The number of hydrogen-bond acceptors (Lipinski definition) is 6. The highest BCUT2D eigenvalue weighted by atomic mass is 32.1. The lowest BCUT2D eigenvalue weighted by molar-refractivity contribution is -0.0110. The second kappa shape index (κ2) is 11.2. The molecule has 9 heteroatoms. The zero-order valence-corrected chi connectivity index (χ0v) is 22.1. The van der Waals surface area contributed by atoms with Gasteiger partial charge in [0.25, 0.3) is 0 Å². The molecule has 1 aromatic carbocycles. The second-order valence-corrected chi connectivity index (χ2v) is 10.9. The van der Waals surface area contributed by atoms with Gasteiger partial charge in [-0.15, -0.1) is 0 Å². The van der Waals surface area contributed by atoms with Crippen LogP contribution in [0.3, 0.4) is 0 Å². The van der Waals surface area contributed by atoms with E-state index in [4.69, 9.17) is 12.2 Å². The minimum atomic E-state index is 0.568. The number of aromatic nitrogens is 3. The van der Waals surface area contributed by atoms with Gasteiger partial charge in [0.2, 0.25) is 0 Å². The summed E-state index contributed by atoms with van der Waals surface area (Å²) < 4.78 is 1.85. The Morgan fingerprint density at radius 2 is 1.84 bits per heavy atom. The van der Waals surface area contributed by atoms with Crippen LogP contribution in [0, 0.1) is 11.8 Å². The Balaban J connectivity index is 0.939. The minimum absolute atomic E-state index is 0.568. The summed E-state index contributed by atoms with van der Waals surface area (Å²) in [5.74, 6) is 2.71. The fraction of sp³-hybridized carbons (Fsp3) is 0.464. The molecular weight excluding hydrogens is 480 g/mol. The molecule has 6 heterocycles. The van der Waals surface area contributed by atoms with Crippen molar-refractivity contribution in [1.82, 2.24) is 29.9 Å². The molecule has 4 saturated heterocycles. The number of piperidine rings is 3. The fourth-order valence-corrected chi connectivity index (χ4v) is 6.41. The number of pyridine rings is 1. The summed E-state index contributed by atoms with van der Waals surface area (Å²) in [4.78, 5) is 12.3. The van der Waals surface area contributed by atoms with Crippen molar-refractivity contribution >= 4 is 28.8 Å². The summed E-state index contributed by atoms with van der Waals surface area (Å²) >= 11 is 5.61. The molecule has 4 atom stereocenters. The quantitative estimate of drug-likeness (QED) is 0.465. The van der Waals surface area contributed by atoms with Crippen LogP contribution in [0.2, 0.25) is 0 Å². The maximum atomic E-state index is 5.61. The number of nitrogens with one attached hydrogen (secondary N) is 2. The van der Waals surface area contributed by atoms with Crippen molar-refractivity contribution in [3.63, 3.8) is 0 Å². The van der Waals surface area contributed by atoms with Crippen LogP contribution in [0.15, 0.2) is 67.1 Å². The van der Waals surface area contributed by atoms with E-state index in [1.807, 2.05) is 53.5 Å². The highest BCUT2D eigenvalue weighted by molar-refractivity contribution is 7.80. The summed E-state index contributed by atoms with van der Waals surface area (Å²) in [6.07, 6.45) is 8.22. The lowest BCUT2D eigenvalue weighted by Gasteiger charge is -2.51. The van der Waals surface area contributed by atoms with Crippen LogP contribution in [0.4, 0.5) is 11.5 Å². The first-order valence-corrected chi connectivity index (χ1v) is 13.9. The van der Waals surface area contributed by atoms with Gasteiger partial charge in [-0.1, -0.05) is 6.07 Å². The number of nitrogens with zero attached hydrogens (tertiary/aromatic N) is 6. The Kier molecular flexibility index (Phi) is 7.34. The largest absolute Gasteiger partial charge is 0.361 e. The number of piperazine rings is 1. The molecule has 2 aromatic heterocycles. The van der Waals surface area contributed by atoms with Crippen LogP contribution in [0.25, 0.3) is 5.69 Å². The average Bonchev–Trinajstić information content (AvgIpc) is 3.49. The lowest BCUT2D eigenvalue weighted by Crippen LogP contribution is -2.59. The van der Waals surface area contributed by atoms with Crippen molar-refractivity contribution in [2.75, 3.05) is 62.6 Å². The average molecular weight is 517 g/mol. The molecule has 0 saturated carbocycles. The predicted octanol–water partition coefficient (Wildman–Crippen LogP) is 3.09. The van der Waals surface area contributed by atoms with Crippen molar-refractivity contribution in [2.24, 2.45) is 11.8 Å². The van der Waals surface area contributed by atoms with E-state index in [2.05, 4.69) is 47.5 Å². The van der Waals surface area contributed by atoms with Crippen LogP contribution in [-0.2, 0) is 0 Å². The summed E-state index contributed by atoms with van der Waals surface area (Å²) in [6, 6.07) is 16.8. The molecule has 0 aliphatic carbocycles. The standard InChI is InChI=1S/C28H36N8S/c37-28(32-24-5-7-25(8-6-24)36-12-3-11-31-36)30-19-26-18-22-9-13-35(26)21-23(22)20-33-14-16-34(17-15-33)27-4-1-2-10-29-27/h1-8,10-12,22-23,26H,9,13-21H2,(H2,30,32,37)/t22-,23-,26+/m0/s1. The van der Waals surface area contributed by atoms with Crippen molar-refractivity contribution in [2.45, 2.75) is 18.9 Å². The zero-order valence-electron chi connectivity index (χ0n) is 21.2. The number of rotatable bonds is 7. The first-order chi connectivity index (χ1) is 18.2. The van der Waals surface area contributed by atoms with E-state index in [0.29, 0.717) is 11.2 Å². The maximum Gasteiger partial charge on any atom is 0.170 e. The molecule has 4 fully saturated rings. The molecule has 4 aliphatic heterocycles. The van der Waals surface area contributed by atoms with Gasteiger partial charge in [0.05, 0.1) is 5.69 Å². The topological polar surface area (TPSA) is 64.5 Å². The van der Waals surface area contributed by atoms with Gasteiger partial charge in [-0.05, 0) is 85.9 Å². The van der Waals surface area contributed by atoms with Crippen LogP contribution in [0.5, 0.6) is 0 Å². The number of anilines is 2. The van der Waals surface area contributed by atoms with E-state index in [0.717, 1.165) is 61.8 Å². The second-order valence-electron chi connectivity index (χ2n) is 10.5.